The summed E-state index contributed by atoms with van der Waals surface area (Å²) in [6, 6.07) is 10.9. The molecule has 0 saturated heterocycles. The van der Waals surface area contributed by atoms with Gasteiger partial charge in [0.15, 0.2) is 0 Å². The van der Waals surface area contributed by atoms with Crippen LogP contribution in [0.1, 0.15) is 12.8 Å². The lowest BCUT2D eigenvalue weighted by Gasteiger charge is -2.39. The summed E-state index contributed by atoms with van der Waals surface area (Å²) in [5.74, 6) is 4.49. The van der Waals surface area contributed by atoms with Crippen LogP contribution < -0.4 is 0 Å². The fourth-order valence-electron chi connectivity index (χ4n) is 3.59. The molecule has 1 unspecified atom stereocenters. The van der Waals surface area contributed by atoms with E-state index in [1.165, 1.54) is 4.90 Å². The fraction of sp³-hybridized carbons (Fsp3) is 0.538. The molecule has 0 spiro atoms. The van der Waals surface area contributed by atoms with Gasteiger partial charge < -0.3 is 0 Å². The Morgan fingerprint density at radius 1 is 0.857 bits per heavy atom. The van der Waals surface area contributed by atoms with Crippen molar-refractivity contribution in [2.45, 2.75) is 23.0 Å². The lowest BCUT2D eigenvalue weighted by atomic mass is 9.78. The number of rotatable bonds is 2. The summed E-state index contributed by atoms with van der Waals surface area (Å²) in [5, 5.41) is 0.987. The molecule has 0 amide bonds. The van der Waals surface area contributed by atoms with Crippen LogP contribution in [-0.4, -0.2) is 5.25 Å². The van der Waals surface area contributed by atoms with Crippen LogP contribution in [0, 0.1) is 23.7 Å². The van der Waals surface area contributed by atoms with Crippen molar-refractivity contribution in [3.05, 3.63) is 30.3 Å². The first-order chi connectivity index (χ1) is 6.93. The molecule has 3 aliphatic carbocycles. The molecule has 0 radical (unpaired) electrons. The smallest absolute Gasteiger partial charge is 0.0157 e. The zero-order valence-corrected chi connectivity index (χ0v) is 8.91. The van der Waals surface area contributed by atoms with Crippen molar-refractivity contribution in [2.24, 2.45) is 23.7 Å². The molecule has 3 aliphatic rings. The van der Waals surface area contributed by atoms with E-state index in [2.05, 4.69) is 42.1 Å². The van der Waals surface area contributed by atoms with Gasteiger partial charge in [0.25, 0.3) is 0 Å². The minimum absolute atomic E-state index is 0.987. The molecular weight excluding hydrogens is 188 g/mol. The summed E-state index contributed by atoms with van der Waals surface area (Å²) >= 11 is 2.14. The van der Waals surface area contributed by atoms with Gasteiger partial charge in [-0.15, -0.1) is 11.8 Å². The van der Waals surface area contributed by atoms with E-state index in [1.54, 1.807) is 12.8 Å². The van der Waals surface area contributed by atoms with Gasteiger partial charge in [0.1, 0.15) is 0 Å². The van der Waals surface area contributed by atoms with Gasteiger partial charge in [0, 0.05) is 10.1 Å². The van der Waals surface area contributed by atoms with E-state index < -0.39 is 0 Å². The van der Waals surface area contributed by atoms with Gasteiger partial charge in [-0.2, -0.15) is 0 Å². The Hall–Kier alpha value is -0.430. The molecule has 1 heteroatoms. The summed E-state index contributed by atoms with van der Waals surface area (Å²) in [5.41, 5.74) is 0. The van der Waals surface area contributed by atoms with E-state index in [1.807, 2.05) is 0 Å². The van der Waals surface area contributed by atoms with Gasteiger partial charge in [-0.05, 0) is 48.6 Å². The van der Waals surface area contributed by atoms with Gasteiger partial charge in [-0.3, -0.25) is 0 Å². The third-order valence-electron chi connectivity index (χ3n) is 4.39. The molecule has 4 rings (SSSR count). The van der Waals surface area contributed by atoms with Gasteiger partial charge in [-0.1, -0.05) is 18.2 Å². The molecule has 0 nitrogen and oxygen atoms in total. The zero-order valence-electron chi connectivity index (χ0n) is 8.10. The maximum Gasteiger partial charge on any atom is 0.0157 e. The minimum Gasteiger partial charge on any atom is -0.122 e. The molecule has 0 aliphatic heterocycles. The Morgan fingerprint density at radius 2 is 1.50 bits per heavy atom. The van der Waals surface area contributed by atoms with Gasteiger partial charge in [0.05, 0.1) is 0 Å². The van der Waals surface area contributed by atoms with Crippen LogP contribution in [-0.2, 0) is 0 Å². The maximum atomic E-state index is 2.26. The quantitative estimate of drug-likeness (QED) is 0.708. The number of benzene rings is 1. The minimum atomic E-state index is 0.987. The van der Waals surface area contributed by atoms with E-state index in [0.29, 0.717) is 0 Å². The van der Waals surface area contributed by atoms with Crippen LogP contribution in [0.15, 0.2) is 35.2 Å². The molecule has 14 heavy (non-hydrogen) atoms. The molecule has 0 aromatic heterocycles. The SMILES string of the molecule is c1ccc(SC2[C@H]3C[C@@H]2[C@@H]2C[C@@H]23)cc1. The highest BCUT2D eigenvalue weighted by atomic mass is 32.2. The molecule has 3 saturated carbocycles. The van der Waals surface area contributed by atoms with Crippen LogP contribution in [0.3, 0.4) is 0 Å². The predicted molar refractivity (Wildman–Crippen MR) is 59.3 cm³/mol. The first kappa shape index (κ1) is 7.81. The largest absolute Gasteiger partial charge is 0.122 e. The Morgan fingerprint density at radius 3 is 2.14 bits per heavy atom. The molecule has 1 aromatic carbocycles. The molecule has 1 aromatic rings. The Bertz CT molecular complexity index is 345. The lowest BCUT2D eigenvalue weighted by molar-refractivity contribution is 0.253. The monoisotopic (exact) mass is 202 g/mol. The van der Waals surface area contributed by atoms with Crippen molar-refractivity contribution in [1.82, 2.24) is 0 Å². The first-order valence-corrected chi connectivity index (χ1v) is 6.53. The van der Waals surface area contributed by atoms with E-state index in [-0.39, 0.29) is 0 Å². The predicted octanol–water partition coefficient (Wildman–Crippen LogP) is 3.43. The molecule has 5 atom stereocenters. The average Bonchev–Trinajstić information content (AvgIpc) is 2.81. The third kappa shape index (κ3) is 0.916. The van der Waals surface area contributed by atoms with Crippen LogP contribution in [0.2, 0.25) is 0 Å². The van der Waals surface area contributed by atoms with Crippen molar-refractivity contribution < 1.29 is 0 Å². The van der Waals surface area contributed by atoms with Crippen LogP contribution in [0.5, 0.6) is 0 Å². The van der Waals surface area contributed by atoms with Crippen LogP contribution in [0.4, 0.5) is 0 Å². The zero-order chi connectivity index (χ0) is 9.12. The second-order valence-corrected chi connectivity index (χ2v) is 6.27. The highest BCUT2D eigenvalue weighted by Gasteiger charge is 2.67. The summed E-state index contributed by atoms with van der Waals surface area (Å²) in [4.78, 5) is 1.48. The van der Waals surface area contributed by atoms with Crippen molar-refractivity contribution in [3.8, 4) is 0 Å². The Kier molecular flexibility index (Phi) is 1.44. The number of hydrogen-bond acceptors (Lipinski definition) is 1. The summed E-state index contributed by atoms with van der Waals surface area (Å²) in [7, 11) is 0. The van der Waals surface area contributed by atoms with E-state index in [4.69, 9.17) is 0 Å². The Labute approximate surface area is 89.1 Å². The van der Waals surface area contributed by atoms with Crippen molar-refractivity contribution in [2.75, 3.05) is 0 Å². The Balaban J connectivity index is 1.53. The van der Waals surface area contributed by atoms with Crippen LogP contribution >= 0.6 is 11.8 Å². The number of thioether (sulfide) groups is 1. The molecular formula is C13H14S. The highest BCUT2D eigenvalue weighted by Crippen LogP contribution is 2.72. The summed E-state index contributed by atoms with van der Waals surface area (Å²) < 4.78 is 0. The van der Waals surface area contributed by atoms with Gasteiger partial charge in [0.2, 0.25) is 0 Å². The molecule has 3 fully saturated rings. The average molecular weight is 202 g/mol. The van der Waals surface area contributed by atoms with E-state index in [0.717, 1.165) is 28.9 Å². The van der Waals surface area contributed by atoms with Crippen LogP contribution in [0.25, 0.3) is 0 Å². The molecule has 72 valence electrons. The highest BCUT2D eigenvalue weighted by molar-refractivity contribution is 8.00. The summed E-state index contributed by atoms with van der Waals surface area (Å²) in [6.45, 7) is 0. The summed E-state index contributed by atoms with van der Waals surface area (Å²) in [6.07, 6.45) is 3.13. The lowest BCUT2D eigenvalue weighted by Crippen LogP contribution is -2.35. The van der Waals surface area contributed by atoms with Crippen molar-refractivity contribution in [3.63, 3.8) is 0 Å². The molecule has 0 heterocycles. The maximum absolute atomic E-state index is 2.26. The second-order valence-electron chi connectivity index (χ2n) is 5.02. The van der Waals surface area contributed by atoms with Gasteiger partial charge in [-0.25, -0.2) is 0 Å². The standard InChI is InChI=1S/C13H14S/c1-2-4-8(5-3-1)14-13-11-7-12(13)10-6-9(10)11/h1-5,9-13H,6-7H2/t9-,10+,11-,12+,13?. The van der Waals surface area contributed by atoms with E-state index in [9.17, 15) is 0 Å². The van der Waals surface area contributed by atoms with Gasteiger partial charge >= 0.3 is 0 Å². The molecule has 2 bridgehead atoms. The molecule has 0 N–H and O–H groups in total. The topological polar surface area (TPSA) is 0 Å². The van der Waals surface area contributed by atoms with E-state index >= 15 is 0 Å². The number of fused-ring (bicyclic) bond motifs is 5. The second kappa shape index (κ2) is 2.57. The van der Waals surface area contributed by atoms with Crippen molar-refractivity contribution in [1.29, 1.82) is 0 Å². The van der Waals surface area contributed by atoms with Crippen molar-refractivity contribution >= 4 is 11.8 Å². The number of hydrogen-bond donors (Lipinski definition) is 0. The normalized spacial score (nSPS) is 47.0. The fourth-order valence-corrected chi connectivity index (χ4v) is 5.20. The third-order valence-corrected chi connectivity index (χ3v) is 5.91. The first-order valence-electron chi connectivity index (χ1n) is 5.65.